The van der Waals surface area contributed by atoms with E-state index in [4.69, 9.17) is 10.3 Å². The van der Waals surface area contributed by atoms with Crippen molar-refractivity contribution in [2.24, 2.45) is 5.73 Å². The van der Waals surface area contributed by atoms with Gasteiger partial charge in [0.2, 0.25) is 5.91 Å². The predicted molar refractivity (Wildman–Crippen MR) is 86.7 cm³/mol. The van der Waals surface area contributed by atoms with Crippen LogP contribution < -0.4 is 11.1 Å². The van der Waals surface area contributed by atoms with E-state index in [1.54, 1.807) is 0 Å². The van der Waals surface area contributed by atoms with Crippen LogP contribution in [0.4, 0.5) is 4.39 Å². The first-order chi connectivity index (χ1) is 11.6. The van der Waals surface area contributed by atoms with Crippen LogP contribution >= 0.6 is 0 Å². The highest BCUT2D eigenvalue weighted by Gasteiger charge is 2.30. The van der Waals surface area contributed by atoms with Crippen LogP contribution in [0.15, 0.2) is 47.0 Å². The third-order valence-corrected chi connectivity index (χ3v) is 4.47. The van der Waals surface area contributed by atoms with E-state index < -0.39 is 0 Å². The molecule has 0 fully saturated rings. The Hall–Kier alpha value is -2.73. The van der Waals surface area contributed by atoms with Crippen molar-refractivity contribution in [1.29, 1.82) is 0 Å². The Balaban J connectivity index is 1.48. The summed E-state index contributed by atoms with van der Waals surface area (Å²) >= 11 is 0. The molecule has 6 heteroatoms. The Kier molecular flexibility index (Phi) is 3.54. The molecule has 0 spiro atoms. The molecule has 2 aromatic carbocycles. The Morgan fingerprint density at radius 1 is 1.33 bits per heavy atom. The molecule has 4 rings (SSSR count). The number of carbonyl (C=O) groups excluding carboxylic acids is 1. The van der Waals surface area contributed by atoms with Crippen LogP contribution in [0.25, 0.3) is 11.0 Å². The Bertz CT molecular complexity index is 922. The quantitative estimate of drug-likeness (QED) is 0.774. The fourth-order valence-electron chi connectivity index (χ4n) is 3.26. The zero-order valence-electron chi connectivity index (χ0n) is 12.8. The molecule has 24 heavy (non-hydrogen) atoms. The fraction of sp³-hybridized carbons (Fsp3) is 0.222. The first kappa shape index (κ1) is 14.8. The lowest BCUT2D eigenvalue weighted by atomic mass is 10.1. The summed E-state index contributed by atoms with van der Waals surface area (Å²) in [5.74, 6) is -0.594. The number of nitrogens with two attached hydrogens (primary N) is 1. The van der Waals surface area contributed by atoms with E-state index in [9.17, 15) is 9.18 Å². The maximum absolute atomic E-state index is 13.4. The van der Waals surface area contributed by atoms with Crippen LogP contribution in [0.5, 0.6) is 0 Å². The molecular weight excluding hydrogens is 309 g/mol. The van der Waals surface area contributed by atoms with Crippen molar-refractivity contribution < 1.29 is 13.7 Å². The smallest absolute Gasteiger partial charge is 0.226 e. The molecule has 5 nitrogen and oxygen atoms in total. The van der Waals surface area contributed by atoms with Gasteiger partial charge in [-0.2, -0.15) is 0 Å². The summed E-state index contributed by atoms with van der Waals surface area (Å²) in [5.41, 5.74) is 9.33. The maximum Gasteiger partial charge on any atom is 0.226 e. The molecule has 0 saturated carbocycles. The molecule has 1 aliphatic carbocycles. The second-order valence-corrected chi connectivity index (χ2v) is 6.05. The number of carbonyl (C=O) groups is 1. The average molecular weight is 325 g/mol. The van der Waals surface area contributed by atoms with Crippen molar-refractivity contribution in [3.63, 3.8) is 0 Å². The lowest BCUT2D eigenvalue weighted by Crippen LogP contribution is -2.41. The molecule has 1 amide bonds. The highest BCUT2D eigenvalue weighted by molar-refractivity contribution is 5.86. The van der Waals surface area contributed by atoms with Gasteiger partial charge in [0.15, 0.2) is 5.58 Å². The lowest BCUT2D eigenvalue weighted by Gasteiger charge is -2.17. The Morgan fingerprint density at radius 3 is 3.00 bits per heavy atom. The molecule has 3 N–H and O–H groups in total. The third kappa shape index (κ3) is 2.55. The molecule has 1 aliphatic rings. The number of nitrogens with zero attached hydrogens (tertiary/aromatic N) is 1. The summed E-state index contributed by atoms with van der Waals surface area (Å²) in [4.78, 5) is 12.3. The number of aromatic nitrogens is 1. The predicted octanol–water partition coefficient (Wildman–Crippen LogP) is 2.25. The second-order valence-electron chi connectivity index (χ2n) is 6.05. The molecule has 0 aliphatic heterocycles. The number of rotatable bonds is 3. The van der Waals surface area contributed by atoms with Crippen molar-refractivity contribution in [2.45, 2.75) is 24.9 Å². The number of fused-ring (bicyclic) bond motifs is 2. The number of amides is 1. The van der Waals surface area contributed by atoms with Gasteiger partial charge in [0.25, 0.3) is 0 Å². The van der Waals surface area contributed by atoms with Crippen LogP contribution in [0, 0.1) is 5.82 Å². The minimum Gasteiger partial charge on any atom is -0.356 e. The molecule has 3 aromatic rings. The van der Waals surface area contributed by atoms with Crippen LogP contribution in [-0.4, -0.2) is 17.1 Å². The zero-order valence-corrected chi connectivity index (χ0v) is 12.8. The molecule has 1 aromatic heterocycles. The van der Waals surface area contributed by atoms with Crippen molar-refractivity contribution in [2.75, 3.05) is 0 Å². The summed E-state index contributed by atoms with van der Waals surface area (Å²) in [5, 5.41) is 7.35. The minimum absolute atomic E-state index is 0.0238. The standard InChI is InChI=1S/C18H16FN3O2/c19-11-5-6-16-13(8-11)14(22-24-16)9-17(23)21-15-7-10-3-1-2-4-12(10)18(15)20/h1-6,8,15,18H,7,9,20H2,(H,21,23)/t15-,18-/m1/s1. The van der Waals surface area contributed by atoms with Gasteiger partial charge < -0.3 is 15.6 Å². The van der Waals surface area contributed by atoms with Crippen molar-refractivity contribution in [1.82, 2.24) is 10.5 Å². The number of hydrogen-bond donors (Lipinski definition) is 2. The lowest BCUT2D eigenvalue weighted by molar-refractivity contribution is -0.121. The Labute approximate surface area is 137 Å². The first-order valence-corrected chi connectivity index (χ1v) is 7.78. The third-order valence-electron chi connectivity index (χ3n) is 4.47. The SMILES string of the molecule is N[C@@H]1c2ccccc2C[C@H]1NC(=O)Cc1noc2ccc(F)cc12. The molecule has 0 bridgehead atoms. The topological polar surface area (TPSA) is 81.1 Å². The van der Waals surface area contributed by atoms with Gasteiger partial charge in [0.1, 0.15) is 11.5 Å². The largest absolute Gasteiger partial charge is 0.356 e. The molecule has 122 valence electrons. The molecule has 0 unspecified atom stereocenters. The van der Waals surface area contributed by atoms with Gasteiger partial charge >= 0.3 is 0 Å². The fourth-order valence-corrected chi connectivity index (χ4v) is 3.26. The van der Waals surface area contributed by atoms with Crippen LogP contribution in [0.2, 0.25) is 0 Å². The summed E-state index contributed by atoms with van der Waals surface area (Å²) in [6.45, 7) is 0. The summed E-state index contributed by atoms with van der Waals surface area (Å²) in [7, 11) is 0. The summed E-state index contributed by atoms with van der Waals surface area (Å²) in [6.07, 6.45) is 0.729. The van der Waals surface area contributed by atoms with Gasteiger partial charge in [-0.1, -0.05) is 29.4 Å². The summed E-state index contributed by atoms with van der Waals surface area (Å²) < 4.78 is 18.5. The monoisotopic (exact) mass is 325 g/mol. The van der Waals surface area contributed by atoms with E-state index in [2.05, 4.69) is 10.5 Å². The minimum atomic E-state index is -0.388. The van der Waals surface area contributed by atoms with Crippen LogP contribution in [-0.2, 0) is 17.6 Å². The van der Waals surface area contributed by atoms with Gasteiger partial charge in [0, 0.05) is 5.39 Å². The van der Waals surface area contributed by atoms with Gasteiger partial charge in [-0.15, -0.1) is 0 Å². The van der Waals surface area contributed by atoms with Gasteiger partial charge in [-0.3, -0.25) is 4.79 Å². The molecular formula is C18H16FN3O2. The average Bonchev–Trinajstić information content (AvgIpc) is 3.10. The maximum atomic E-state index is 13.4. The zero-order chi connectivity index (χ0) is 16.7. The highest BCUT2D eigenvalue weighted by atomic mass is 19.1. The Morgan fingerprint density at radius 2 is 2.17 bits per heavy atom. The van der Waals surface area contributed by atoms with Gasteiger partial charge in [-0.25, -0.2) is 4.39 Å². The van der Waals surface area contributed by atoms with Crippen LogP contribution in [0.1, 0.15) is 22.9 Å². The van der Waals surface area contributed by atoms with E-state index >= 15 is 0 Å². The number of hydrogen-bond acceptors (Lipinski definition) is 4. The van der Waals surface area contributed by atoms with Gasteiger partial charge in [-0.05, 0) is 35.7 Å². The number of halogens is 1. The van der Waals surface area contributed by atoms with Crippen LogP contribution in [0.3, 0.4) is 0 Å². The van der Waals surface area contributed by atoms with E-state index in [0.717, 1.165) is 11.1 Å². The first-order valence-electron chi connectivity index (χ1n) is 7.78. The van der Waals surface area contributed by atoms with Crippen molar-refractivity contribution in [3.05, 3.63) is 65.1 Å². The molecule has 0 radical (unpaired) electrons. The van der Waals surface area contributed by atoms with Gasteiger partial charge in [0.05, 0.1) is 18.5 Å². The molecule has 0 saturated heterocycles. The summed E-state index contributed by atoms with van der Waals surface area (Å²) in [6, 6.07) is 11.7. The van der Waals surface area contributed by atoms with Crippen molar-refractivity contribution >= 4 is 16.9 Å². The van der Waals surface area contributed by atoms with E-state index in [-0.39, 0.29) is 30.2 Å². The number of benzene rings is 2. The van der Waals surface area contributed by atoms with E-state index in [1.807, 2.05) is 24.3 Å². The highest BCUT2D eigenvalue weighted by Crippen LogP contribution is 2.29. The molecule has 1 heterocycles. The van der Waals surface area contributed by atoms with E-state index in [1.165, 1.54) is 18.2 Å². The second kappa shape index (κ2) is 5.72. The van der Waals surface area contributed by atoms with Crippen molar-refractivity contribution in [3.8, 4) is 0 Å². The van der Waals surface area contributed by atoms with E-state index in [0.29, 0.717) is 23.1 Å². The normalized spacial score (nSPS) is 19.4. The number of nitrogens with one attached hydrogen (secondary N) is 1. The molecule has 2 atom stereocenters.